The Kier molecular flexibility index (Phi) is 8.44. The number of aromatic nitrogens is 4. The summed E-state index contributed by atoms with van der Waals surface area (Å²) in [6.07, 6.45) is 2.18. The Morgan fingerprint density at radius 3 is 1.80 bits per heavy atom. The van der Waals surface area contributed by atoms with Crippen LogP contribution in [-0.4, -0.2) is 19.5 Å². The van der Waals surface area contributed by atoms with E-state index in [0.717, 1.165) is 85.1 Å². The van der Waals surface area contributed by atoms with Gasteiger partial charge in [-0.15, -0.1) is 0 Å². The lowest BCUT2D eigenvalue weighted by molar-refractivity contribution is 0.669. The molecule has 8 aromatic carbocycles. The van der Waals surface area contributed by atoms with Crippen LogP contribution in [0.4, 0.5) is 0 Å². The van der Waals surface area contributed by atoms with Crippen LogP contribution < -0.4 is 0 Å². The number of nitrogens with zero attached hydrogens (tertiary/aromatic N) is 4. The molecule has 5 heteroatoms. The van der Waals surface area contributed by atoms with Crippen molar-refractivity contribution in [3.8, 4) is 62.1 Å². The number of rotatable bonds is 8. The first-order chi connectivity index (χ1) is 29.2. The Hall–Kier alpha value is -7.63. The lowest BCUT2D eigenvalue weighted by atomic mass is 9.98. The molecule has 5 nitrogen and oxygen atoms in total. The van der Waals surface area contributed by atoms with Crippen molar-refractivity contribution in [1.29, 1.82) is 0 Å². The smallest absolute Gasteiger partial charge is 0.164 e. The van der Waals surface area contributed by atoms with E-state index < -0.39 is 0 Å². The Morgan fingerprint density at radius 2 is 1.03 bits per heavy atom. The maximum absolute atomic E-state index is 6.41. The fraction of sp³-hybridized carbons (Fsp3) is 0.0556. The minimum atomic E-state index is 0.628. The molecule has 11 rings (SSSR count). The van der Waals surface area contributed by atoms with E-state index in [1.165, 1.54) is 21.7 Å². The van der Waals surface area contributed by atoms with Gasteiger partial charge in [-0.1, -0.05) is 153 Å². The second kappa shape index (κ2) is 14.4. The normalized spacial score (nSPS) is 11.6. The number of fused-ring (bicyclic) bond motifs is 6. The van der Waals surface area contributed by atoms with Crippen LogP contribution in [-0.2, 0) is 6.42 Å². The standard InChI is InChI=1S/C54H38N4O/c1-2-14-35-25-30-50-47(31-35)45-29-27-39(34-51(45)59-50)38-26-28-44-43-22-11-12-24-48(43)58(49(44)33-38)41-20-13-19-40(32-41)42-21-9-10-23-46(42)54-56-52(36-15-5-3-6-16-36)55-53(57-54)37-17-7-4-8-18-37/h3-13,15-34H,2,14H2,1H3. The minimum Gasteiger partial charge on any atom is -0.456 e. The third kappa shape index (κ3) is 6.16. The van der Waals surface area contributed by atoms with Crippen molar-refractivity contribution in [3.63, 3.8) is 0 Å². The molecule has 3 heterocycles. The zero-order valence-electron chi connectivity index (χ0n) is 32.5. The summed E-state index contributed by atoms with van der Waals surface area (Å²) < 4.78 is 8.80. The van der Waals surface area contributed by atoms with Crippen molar-refractivity contribution in [2.24, 2.45) is 0 Å². The highest BCUT2D eigenvalue weighted by atomic mass is 16.3. The zero-order chi connectivity index (χ0) is 39.3. The molecular weight excluding hydrogens is 721 g/mol. The van der Waals surface area contributed by atoms with E-state index in [4.69, 9.17) is 19.4 Å². The van der Waals surface area contributed by atoms with Gasteiger partial charge in [0.1, 0.15) is 11.2 Å². The van der Waals surface area contributed by atoms with Crippen LogP contribution in [0.1, 0.15) is 18.9 Å². The molecule has 0 aliphatic carbocycles. The van der Waals surface area contributed by atoms with Gasteiger partial charge in [0.2, 0.25) is 0 Å². The first-order valence-electron chi connectivity index (χ1n) is 20.2. The Balaban J connectivity index is 1.04. The van der Waals surface area contributed by atoms with E-state index in [1.54, 1.807) is 0 Å². The van der Waals surface area contributed by atoms with E-state index in [-0.39, 0.29) is 0 Å². The van der Waals surface area contributed by atoms with E-state index in [0.29, 0.717) is 17.5 Å². The van der Waals surface area contributed by atoms with Gasteiger partial charge in [0.25, 0.3) is 0 Å². The van der Waals surface area contributed by atoms with Crippen molar-refractivity contribution < 1.29 is 4.42 Å². The first-order valence-corrected chi connectivity index (χ1v) is 20.2. The van der Waals surface area contributed by atoms with Crippen molar-refractivity contribution in [2.45, 2.75) is 19.8 Å². The summed E-state index contributed by atoms with van der Waals surface area (Å²) in [6, 6.07) is 66.1. The second-order valence-corrected chi connectivity index (χ2v) is 15.1. The maximum Gasteiger partial charge on any atom is 0.164 e. The minimum absolute atomic E-state index is 0.628. The van der Waals surface area contributed by atoms with Crippen molar-refractivity contribution in [1.82, 2.24) is 19.5 Å². The van der Waals surface area contributed by atoms with Crippen molar-refractivity contribution in [2.75, 3.05) is 0 Å². The Morgan fingerprint density at radius 1 is 0.407 bits per heavy atom. The molecule has 0 N–H and O–H groups in total. The van der Waals surface area contributed by atoms with Gasteiger partial charge in [-0.25, -0.2) is 15.0 Å². The summed E-state index contributed by atoms with van der Waals surface area (Å²) in [7, 11) is 0. The lowest BCUT2D eigenvalue weighted by Crippen LogP contribution is -2.01. The van der Waals surface area contributed by atoms with Gasteiger partial charge in [0, 0.05) is 43.9 Å². The lowest BCUT2D eigenvalue weighted by Gasteiger charge is -2.14. The fourth-order valence-corrected chi connectivity index (χ4v) is 8.55. The molecule has 280 valence electrons. The van der Waals surface area contributed by atoms with E-state index in [9.17, 15) is 0 Å². The number of benzene rings is 8. The predicted molar refractivity (Wildman–Crippen MR) is 243 cm³/mol. The number of furan rings is 1. The maximum atomic E-state index is 6.41. The van der Waals surface area contributed by atoms with Gasteiger partial charge in [-0.3, -0.25) is 0 Å². The Labute approximate surface area is 341 Å². The van der Waals surface area contributed by atoms with Gasteiger partial charge < -0.3 is 8.98 Å². The Bertz CT molecular complexity index is 3290. The molecule has 0 saturated heterocycles. The molecule has 0 saturated carbocycles. The van der Waals surface area contributed by atoms with Crippen LogP contribution in [0.25, 0.3) is 106 Å². The third-order valence-corrected chi connectivity index (χ3v) is 11.4. The van der Waals surface area contributed by atoms with Crippen LogP contribution >= 0.6 is 0 Å². The predicted octanol–water partition coefficient (Wildman–Crippen LogP) is 14.2. The van der Waals surface area contributed by atoms with E-state index in [1.807, 2.05) is 60.7 Å². The molecule has 0 amide bonds. The molecule has 0 fully saturated rings. The topological polar surface area (TPSA) is 56.7 Å². The monoisotopic (exact) mass is 758 g/mol. The summed E-state index contributed by atoms with van der Waals surface area (Å²) in [5.41, 5.74) is 13.7. The molecule has 11 aromatic rings. The third-order valence-electron chi connectivity index (χ3n) is 11.4. The quantitative estimate of drug-likeness (QED) is 0.155. The molecular formula is C54H38N4O. The number of para-hydroxylation sites is 1. The summed E-state index contributed by atoms with van der Waals surface area (Å²) in [4.78, 5) is 15.1. The molecule has 0 aliphatic rings. The van der Waals surface area contributed by atoms with Gasteiger partial charge in [-0.05, 0) is 82.8 Å². The van der Waals surface area contributed by atoms with Crippen LogP contribution in [0.2, 0.25) is 0 Å². The fourth-order valence-electron chi connectivity index (χ4n) is 8.55. The van der Waals surface area contributed by atoms with E-state index >= 15 is 0 Å². The molecule has 0 spiro atoms. The van der Waals surface area contributed by atoms with Crippen LogP contribution in [0.15, 0.2) is 192 Å². The first kappa shape index (κ1) is 34.6. The molecule has 0 bridgehead atoms. The van der Waals surface area contributed by atoms with Crippen LogP contribution in [0, 0.1) is 0 Å². The SMILES string of the molecule is CCCc1ccc2oc3cc(-c4ccc5c6ccccc6n(-c6cccc(-c7ccccc7-c7nc(-c8ccccc8)nc(-c8ccccc8)n7)c6)c5c4)ccc3c2c1. The highest BCUT2D eigenvalue weighted by Crippen LogP contribution is 2.39. The molecule has 0 unspecified atom stereocenters. The zero-order valence-corrected chi connectivity index (χ0v) is 32.5. The van der Waals surface area contributed by atoms with Crippen LogP contribution in [0.5, 0.6) is 0 Å². The summed E-state index contributed by atoms with van der Waals surface area (Å²) >= 11 is 0. The average molecular weight is 759 g/mol. The number of aryl methyl sites for hydroxylation is 1. The van der Waals surface area contributed by atoms with E-state index in [2.05, 4.69) is 139 Å². The second-order valence-electron chi connectivity index (χ2n) is 15.1. The number of hydrogen-bond donors (Lipinski definition) is 0. The summed E-state index contributed by atoms with van der Waals surface area (Å²) in [5.74, 6) is 1.90. The van der Waals surface area contributed by atoms with Gasteiger partial charge in [-0.2, -0.15) is 0 Å². The molecule has 0 aliphatic heterocycles. The molecule has 0 radical (unpaired) electrons. The molecule has 0 atom stereocenters. The highest BCUT2D eigenvalue weighted by Gasteiger charge is 2.18. The van der Waals surface area contributed by atoms with Gasteiger partial charge in [0.05, 0.1) is 11.0 Å². The molecule has 59 heavy (non-hydrogen) atoms. The van der Waals surface area contributed by atoms with Crippen molar-refractivity contribution in [3.05, 3.63) is 194 Å². The van der Waals surface area contributed by atoms with Crippen LogP contribution in [0.3, 0.4) is 0 Å². The van der Waals surface area contributed by atoms with Gasteiger partial charge >= 0.3 is 0 Å². The summed E-state index contributed by atoms with van der Waals surface area (Å²) in [5, 5.41) is 4.75. The highest BCUT2D eigenvalue weighted by molar-refractivity contribution is 6.11. The van der Waals surface area contributed by atoms with Gasteiger partial charge in [0.15, 0.2) is 17.5 Å². The van der Waals surface area contributed by atoms with Crippen molar-refractivity contribution >= 4 is 43.7 Å². The average Bonchev–Trinajstić information content (AvgIpc) is 3.84. The number of hydrogen-bond acceptors (Lipinski definition) is 4. The summed E-state index contributed by atoms with van der Waals surface area (Å²) in [6.45, 7) is 2.22. The largest absolute Gasteiger partial charge is 0.456 e. The molecule has 3 aromatic heterocycles.